The van der Waals surface area contributed by atoms with Crippen molar-refractivity contribution in [3.63, 3.8) is 0 Å². The molecule has 0 radical (unpaired) electrons. The highest BCUT2D eigenvalue weighted by atomic mass is 16.3. The highest BCUT2D eigenvalue weighted by Gasteiger charge is 2.42. The van der Waals surface area contributed by atoms with Gasteiger partial charge in [0.15, 0.2) is 0 Å². The van der Waals surface area contributed by atoms with E-state index in [0.717, 1.165) is 18.5 Å². The lowest BCUT2D eigenvalue weighted by Gasteiger charge is -2.41. The Hall–Kier alpha value is -0.900. The van der Waals surface area contributed by atoms with Crippen molar-refractivity contribution < 1.29 is 5.11 Å². The summed E-state index contributed by atoms with van der Waals surface area (Å²) in [7, 11) is 0. The van der Waals surface area contributed by atoms with Crippen molar-refractivity contribution in [2.75, 3.05) is 19.7 Å². The highest BCUT2D eigenvalue weighted by molar-refractivity contribution is 5.26. The predicted molar refractivity (Wildman–Crippen MR) is 86.2 cm³/mol. The number of aliphatic hydroxyl groups excluding tert-OH is 1. The second kappa shape index (κ2) is 6.07. The zero-order valence-corrected chi connectivity index (χ0v) is 13.3. The standard InChI is InChI=1S/C18H28N2O/c1-14(2)19-18(13-21,16-6-4-3-5-7-16)12-20-11-15-8-9-17(20)10-15/h3-7,14-15,17,19,21H,8-13H2,1-2H3. The van der Waals surface area contributed by atoms with Crippen molar-refractivity contribution in [3.8, 4) is 0 Å². The quantitative estimate of drug-likeness (QED) is 0.843. The molecule has 1 aliphatic heterocycles. The van der Waals surface area contributed by atoms with Gasteiger partial charge in [-0.25, -0.2) is 0 Å². The summed E-state index contributed by atoms with van der Waals surface area (Å²) in [4.78, 5) is 2.60. The normalized spacial score (nSPS) is 28.2. The topological polar surface area (TPSA) is 35.5 Å². The maximum absolute atomic E-state index is 10.2. The number of benzene rings is 1. The summed E-state index contributed by atoms with van der Waals surface area (Å²) >= 11 is 0. The van der Waals surface area contributed by atoms with Crippen molar-refractivity contribution >= 4 is 0 Å². The van der Waals surface area contributed by atoms with Gasteiger partial charge in [0.25, 0.3) is 0 Å². The van der Waals surface area contributed by atoms with E-state index in [1.165, 1.54) is 31.4 Å². The van der Waals surface area contributed by atoms with Crippen molar-refractivity contribution in [1.29, 1.82) is 0 Å². The summed E-state index contributed by atoms with van der Waals surface area (Å²) in [5, 5.41) is 13.9. The van der Waals surface area contributed by atoms with Gasteiger partial charge in [-0.15, -0.1) is 0 Å². The molecule has 3 nitrogen and oxygen atoms in total. The van der Waals surface area contributed by atoms with Crippen molar-refractivity contribution in [3.05, 3.63) is 35.9 Å². The lowest BCUT2D eigenvalue weighted by Crippen LogP contribution is -2.56. The van der Waals surface area contributed by atoms with Crippen LogP contribution in [0.15, 0.2) is 30.3 Å². The number of nitrogens with one attached hydrogen (secondary N) is 1. The number of piperidine rings is 1. The van der Waals surface area contributed by atoms with Crippen LogP contribution in [0, 0.1) is 5.92 Å². The second-order valence-corrected chi connectivity index (χ2v) is 7.17. The Labute approximate surface area is 128 Å². The number of rotatable bonds is 6. The lowest BCUT2D eigenvalue weighted by molar-refractivity contribution is 0.0835. The maximum Gasteiger partial charge on any atom is 0.0799 e. The third-order valence-corrected chi connectivity index (χ3v) is 5.16. The first-order chi connectivity index (χ1) is 10.1. The van der Waals surface area contributed by atoms with Crippen molar-refractivity contribution in [2.24, 2.45) is 5.92 Å². The highest BCUT2D eigenvalue weighted by Crippen LogP contribution is 2.39. The van der Waals surface area contributed by atoms with E-state index in [2.05, 4.69) is 48.3 Å². The van der Waals surface area contributed by atoms with Gasteiger partial charge >= 0.3 is 0 Å². The summed E-state index contributed by atoms with van der Waals surface area (Å²) in [5.74, 6) is 0.890. The van der Waals surface area contributed by atoms with Gasteiger partial charge in [0.2, 0.25) is 0 Å². The molecule has 2 bridgehead atoms. The minimum absolute atomic E-state index is 0.142. The molecule has 1 aromatic carbocycles. The number of aliphatic hydroxyl groups is 1. The van der Waals surface area contributed by atoms with Crippen LogP contribution in [0.4, 0.5) is 0 Å². The van der Waals surface area contributed by atoms with E-state index >= 15 is 0 Å². The fourth-order valence-electron chi connectivity index (χ4n) is 4.28. The lowest BCUT2D eigenvalue weighted by atomic mass is 9.88. The summed E-state index contributed by atoms with van der Waals surface area (Å²) in [5.41, 5.74) is 0.851. The summed E-state index contributed by atoms with van der Waals surface area (Å²) in [6.45, 7) is 6.57. The molecule has 3 rings (SSSR count). The van der Waals surface area contributed by atoms with E-state index in [0.29, 0.717) is 6.04 Å². The summed E-state index contributed by atoms with van der Waals surface area (Å²) < 4.78 is 0. The average Bonchev–Trinajstić information content (AvgIpc) is 3.09. The van der Waals surface area contributed by atoms with Crippen LogP contribution < -0.4 is 5.32 Å². The third-order valence-electron chi connectivity index (χ3n) is 5.16. The Morgan fingerprint density at radius 3 is 2.57 bits per heavy atom. The Morgan fingerprint density at radius 2 is 2.05 bits per heavy atom. The second-order valence-electron chi connectivity index (χ2n) is 7.17. The van der Waals surface area contributed by atoms with Crippen molar-refractivity contribution in [1.82, 2.24) is 10.2 Å². The number of hydrogen-bond acceptors (Lipinski definition) is 3. The first-order valence-corrected chi connectivity index (χ1v) is 8.31. The van der Waals surface area contributed by atoms with Gasteiger partial charge in [-0.3, -0.25) is 4.90 Å². The third kappa shape index (κ3) is 3.01. The Morgan fingerprint density at radius 1 is 1.29 bits per heavy atom. The fraction of sp³-hybridized carbons (Fsp3) is 0.667. The van der Waals surface area contributed by atoms with Crippen LogP contribution in [0.1, 0.15) is 38.7 Å². The zero-order chi connectivity index (χ0) is 14.9. The molecule has 1 saturated heterocycles. The van der Waals surface area contributed by atoms with E-state index < -0.39 is 0 Å². The molecule has 0 aromatic heterocycles. The molecule has 3 unspecified atom stereocenters. The van der Waals surface area contributed by atoms with Crippen LogP contribution in [0.25, 0.3) is 0 Å². The minimum atomic E-state index is -0.347. The average molecular weight is 288 g/mol. The first kappa shape index (κ1) is 15.0. The van der Waals surface area contributed by atoms with Crippen molar-refractivity contribution in [2.45, 2.75) is 50.7 Å². The summed E-state index contributed by atoms with van der Waals surface area (Å²) in [6.07, 6.45) is 4.09. The fourth-order valence-corrected chi connectivity index (χ4v) is 4.28. The number of likely N-dealkylation sites (tertiary alicyclic amines) is 1. The monoisotopic (exact) mass is 288 g/mol. The van der Waals surface area contributed by atoms with Crippen LogP contribution in [0.5, 0.6) is 0 Å². The maximum atomic E-state index is 10.2. The largest absolute Gasteiger partial charge is 0.394 e. The zero-order valence-electron chi connectivity index (χ0n) is 13.3. The Balaban J connectivity index is 1.84. The van der Waals surface area contributed by atoms with Crippen LogP contribution >= 0.6 is 0 Å². The van der Waals surface area contributed by atoms with Gasteiger partial charge in [0.05, 0.1) is 12.1 Å². The van der Waals surface area contributed by atoms with Gasteiger partial charge in [-0.1, -0.05) is 30.3 Å². The Kier molecular flexibility index (Phi) is 4.34. The molecule has 1 saturated carbocycles. The summed E-state index contributed by atoms with van der Waals surface area (Å²) in [6, 6.07) is 11.5. The molecule has 2 fully saturated rings. The van der Waals surface area contributed by atoms with Gasteiger partial charge in [-0.05, 0) is 44.6 Å². The van der Waals surface area contributed by atoms with Gasteiger partial charge in [-0.2, -0.15) is 0 Å². The van der Waals surface area contributed by atoms with Gasteiger partial charge in [0, 0.05) is 25.2 Å². The molecular weight excluding hydrogens is 260 g/mol. The van der Waals surface area contributed by atoms with Gasteiger partial charge < -0.3 is 10.4 Å². The van der Waals surface area contributed by atoms with Crippen LogP contribution in [0.3, 0.4) is 0 Å². The Bertz CT molecular complexity index is 462. The number of fused-ring (bicyclic) bond motifs is 2. The van der Waals surface area contributed by atoms with E-state index in [1.54, 1.807) is 0 Å². The molecule has 2 N–H and O–H groups in total. The molecule has 116 valence electrons. The van der Waals surface area contributed by atoms with Crippen LogP contribution in [-0.2, 0) is 5.54 Å². The SMILES string of the molecule is CC(C)NC(CO)(CN1CC2CCC1C2)c1ccccc1. The van der Waals surface area contributed by atoms with E-state index in [1.807, 2.05) is 6.07 Å². The number of hydrogen-bond donors (Lipinski definition) is 2. The molecule has 1 aliphatic carbocycles. The van der Waals surface area contributed by atoms with E-state index in [4.69, 9.17) is 0 Å². The molecule has 1 heterocycles. The number of nitrogens with zero attached hydrogens (tertiary/aromatic N) is 1. The molecule has 0 amide bonds. The smallest absolute Gasteiger partial charge is 0.0799 e. The predicted octanol–water partition coefficient (Wildman–Crippen LogP) is 2.36. The van der Waals surface area contributed by atoms with Crippen LogP contribution in [-0.4, -0.2) is 41.8 Å². The van der Waals surface area contributed by atoms with E-state index in [-0.39, 0.29) is 12.1 Å². The molecule has 3 atom stereocenters. The first-order valence-electron chi connectivity index (χ1n) is 8.31. The minimum Gasteiger partial charge on any atom is -0.394 e. The molecule has 1 aromatic rings. The molecule has 3 heteroatoms. The van der Waals surface area contributed by atoms with E-state index in [9.17, 15) is 5.11 Å². The molecule has 21 heavy (non-hydrogen) atoms. The molecule has 2 aliphatic rings. The molecule has 0 spiro atoms. The van der Waals surface area contributed by atoms with Gasteiger partial charge in [0.1, 0.15) is 0 Å². The van der Waals surface area contributed by atoms with Crippen LogP contribution in [0.2, 0.25) is 0 Å². The molecular formula is C18H28N2O.